The van der Waals surface area contributed by atoms with Crippen LogP contribution in [0.4, 0.5) is 0 Å². The summed E-state index contributed by atoms with van der Waals surface area (Å²) in [5, 5.41) is 4.17. The van der Waals surface area contributed by atoms with Gasteiger partial charge < -0.3 is 0 Å². The summed E-state index contributed by atoms with van der Waals surface area (Å²) >= 11 is 2.34. The van der Waals surface area contributed by atoms with Crippen LogP contribution >= 0.6 is 22.6 Å². The van der Waals surface area contributed by atoms with Gasteiger partial charge in [0.25, 0.3) is 0 Å². The standard InChI is InChI=1S/C10H9IN2/c11-10-5-2-1-4-9(10)8-13-7-3-6-12-13/h1-7H,8H2. The maximum absolute atomic E-state index is 4.17. The van der Waals surface area contributed by atoms with Gasteiger partial charge in [-0.05, 0) is 40.3 Å². The second kappa shape index (κ2) is 3.91. The average Bonchev–Trinajstić information content (AvgIpc) is 2.61. The van der Waals surface area contributed by atoms with Gasteiger partial charge in [-0.1, -0.05) is 18.2 Å². The SMILES string of the molecule is Ic1ccccc1Cn1cccn1. The molecule has 0 spiro atoms. The molecule has 2 aromatic rings. The van der Waals surface area contributed by atoms with E-state index in [4.69, 9.17) is 0 Å². The van der Waals surface area contributed by atoms with Gasteiger partial charge in [-0.2, -0.15) is 5.10 Å². The van der Waals surface area contributed by atoms with Gasteiger partial charge in [-0.15, -0.1) is 0 Å². The minimum atomic E-state index is 0.853. The van der Waals surface area contributed by atoms with E-state index in [1.165, 1.54) is 9.13 Å². The number of hydrogen-bond acceptors (Lipinski definition) is 1. The third-order valence-electron chi connectivity index (χ3n) is 1.85. The van der Waals surface area contributed by atoms with Crippen molar-refractivity contribution in [3.05, 3.63) is 51.9 Å². The maximum atomic E-state index is 4.17. The van der Waals surface area contributed by atoms with Crippen molar-refractivity contribution in [2.75, 3.05) is 0 Å². The summed E-state index contributed by atoms with van der Waals surface area (Å²) in [7, 11) is 0. The molecular formula is C10H9IN2. The molecule has 2 rings (SSSR count). The minimum absolute atomic E-state index is 0.853. The smallest absolute Gasteiger partial charge is 0.0669 e. The molecule has 0 bridgehead atoms. The lowest BCUT2D eigenvalue weighted by molar-refractivity contribution is 0.685. The fourth-order valence-corrected chi connectivity index (χ4v) is 1.75. The number of halogens is 1. The second-order valence-electron chi connectivity index (χ2n) is 2.80. The first-order valence-electron chi connectivity index (χ1n) is 4.07. The summed E-state index contributed by atoms with van der Waals surface area (Å²) in [5.41, 5.74) is 1.31. The van der Waals surface area contributed by atoms with E-state index in [1.807, 2.05) is 23.0 Å². The van der Waals surface area contributed by atoms with Crippen molar-refractivity contribution in [3.63, 3.8) is 0 Å². The minimum Gasteiger partial charge on any atom is -0.268 e. The van der Waals surface area contributed by atoms with Crippen molar-refractivity contribution < 1.29 is 0 Å². The van der Waals surface area contributed by atoms with Crippen LogP contribution in [-0.4, -0.2) is 9.78 Å². The molecule has 66 valence electrons. The van der Waals surface area contributed by atoms with Gasteiger partial charge in [0.1, 0.15) is 0 Å². The third kappa shape index (κ3) is 2.09. The molecule has 0 saturated heterocycles. The molecule has 0 radical (unpaired) electrons. The highest BCUT2D eigenvalue weighted by molar-refractivity contribution is 14.1. The molecule has 0 aliphatic carbocycles. The molecule has 2 nitrogen and oxygen atoms in total. The lowest BCUT2D eigenvalue weighted by atomic mass is 10.2. The van der Waals surface area contributed by atoms with Gasteiger partial charge in [0.05, 0.1) is 6.54 Å². The van der Waals surface area contributed by atoms with Gasteiger partial charge >= 0.3 is 0 Å². The van der Waals surface area contributed by atoms with Crippen molar-refractivity contribution in [2.45, 2.75) is 6.54 Å². The molecule has 0 aliphatic heterocycles. The lowest BCUT2D eigenvalue weighted by Crippen LogP contribution is -2.01. The Morgan fingerprint density at radius 2 is 2.08 bits per heavy atom. The molecule has 13 heavy (non-hydrogen) atoms. The molecule has 0 aliphatic rings. The predicted octanol–water partition coefficient (Wildman–Crippen LogP) is 2.54. The number of nitrogens with zero attached hydrogens (tertiary/aromatic N) is 2. The molecule has 0 saturated carbocycles. The van der Waals surface area contributed by atoms with E-state index in [-0.39, 0.29) is 0 Å². The van der Waals surface area contributed by atoms with Gasteiger partial charge in [0.15, 0.2) is 0 Å². The lowest BCUT2D eigenvalue weighted by Gasteiger charge is -2.03. The summed E-state index contributed by atoms with van der Waals surface area (Å²) in [4.78, 5) is 0. The monoisotopic (exact) mass is 284 g/mol. The van der Waals surface area contributed by atoms with E-state index in [1.54, 1.807) is 6.20 Å². The van der Waals surface area contributed by atoms with Gasteiger partial charge in [-0.3, -0.25) is 4.68 Å². The first-order valence-corrected chi connectivity index (χ1v) is 5.15. The normalized spacial score (nSPS) is 10.2. The molecule has 3 heteroatoms. The van der Waals surface area contributed by atoms with Crippen molar-refractivity contribution in [1.82, 2.24) is 9.78 Å². The summed E-state index contributed by atoms with van der Waals surface area (Å²) in [5.74, 6) is 0. The molecule has 1 heterocycles. The number of benzene rings is 1. The van der Waals surface area contributed by atoms with Crippen molar-refractivity contribution >= 4 is 22.6 Å². The first kappa shape index (κ1) is 8.74. The van der Waals surface area contributed by atoms with Crippen LogP contribution < -0.4 is 0 Å². The summed E-state index contributed by atoms with van der Waals surface area (Å²) in [6.45, 7) is 0.853. The van der Waals surface area contributed by atoms with E-state index in [0.29, 0.717) is 0 Å². The van der Waals surface area contributed by atoms with Gasteiger partial charge in [0, 0.05) is 16.0 Å². The fraction of sp³-hybridized carbons (Fsp3) is 0.100. The Balaban J connectivity index is 2.24. The van der Waals surface area contributed by atoms with Gasteiger partial charge in [-0.25, -0.2) is 0 Å². The zero-order valence-corrected chi connectivity index (χ0v) is 9.18. The van der Waals surface area contributed by atoms with Crippen molar-refractivity contribution in [2.24, 2.45) is 0 Å². The summed E-state index contributed by atoms with van der Waals surface area (Å²) in [6.07, 6.45) is 3.78. The fourth-order valence-electron chi connectivity index (χ4n) is 1.20. The highest BCUT2D eigenvalue weighted by Crippen LogP contribution is 2.12. The Hall–Kier alpha value is -0.840. The molecule has 0 atom stereocenters. The molecule has 1 aromatic carbocycles. The highest BCUT2D eigenvalue weighted by atomic mass is 127. The van der Waals surface area contributed by atoms with Crippen LogP contribution in [0.15, 0.2) is 42.7 Å². The Bertz CT molecular complexity index is 382. The number of rotatable bonds is 2. The van der Waals surface area contributed by atoms with Crippen LogP contribution in [-0.2, 0) is 6.54 Å². The number of hydrogen-bond donors (Lipinski definition) is 0. The molecule has 1 aromatic heterocycles. The summed E-state index contributed by atoms with van der Waals surface area (Å²) < 4.78 is 3.22. The van der Waals surface area contributed by atoms with E-state index < -0.39 is 0 Å². The predicted molar refractivity (Wildman–Crippen MR) is 60.5 cm³/mol. The van der Waals surface area contributed by atoms with Crippen molar-refractivity contribution in [1.29, 1.82) is 0 Å². The maximum Gasteiger partial charge on any atom is 0.0669 e. The molecule has 0 fully saturated rings. The third-order valence-corrected chi connectivity index (χ3v) is 2.90. The van der Waals surface area contributed by atoms with Crippen molar-refractivity contribution in [3.8, 4) is 0 Å². The van der Waals surface area contributed by atoms with E-state index in [2.05, 4.69) is 45.9 Å². The van der Waals surface area contributed by atoms with Crippen LogP contribution in [0.25, 0.3) is 0 Å². The van der Waals surface area contributed by atoms with Crippen LogP contribution in [0, 0.1) is 3.57 Å². The molecule has 0 unspecified atom stereocenters. The topological polar surface area (TPSA) is 17.8 Å². The quantitative estimate of drug-likeness (QED) is 0.775. The van der Waals surface area contributed by atoms with Crippen LogP contribution in [0.3, 0.4) is 0 Å². The highest BCUT2D eigenvalue weighted by Gasteiger charge is 1.98. The zero-order chi connectivity index (χ0) is 9.10. The molecule has 0 amide bonds. The second-order valence-corrected chi connectivity index (χ2v) is 3.96. The van der Waals surface area contributed by atoms with Crippen LogP contribution in [0.5, 0.6) is 0 Å². The molecule has 0 N–H and O–H groups in total. The van der Waals surface area contributed by atoms with E-state index in [0.717, 1.165) is 6.54 Å². The zero-order valence-electron chi connectivity index (χ0n) is 7.02. The average molecular weight is 284 g/mol. The molecular weight excluding hydrogens is 275 g/mol. The van der Waals surface area contributed by atoms with Gasteiger partial charge in [0.2, 0.25) is 0 Å². The van der Waals surface area contributed by atoms with E-state index in [9.17, 15) is 0 Å². The summed E-state index contributed by atoms with van der Waals surface area (Å²) in [6, 6.07) is 10.3. The Morgan fingerprint density at radius 3 is 2.77 bits per heavy atom. The Morgan fingerprint density at radius 1 is 1.23 bits per heavy atom. The van der Waals surface area contributed by atoms with Crippen LogP contribution in [0.1, 0.15) is 5.56 Å². The van der Waals surface area contributed by atoms with E-state index >= 15 is 0 Å². The Kier molecular flexibility index (Phi) is 2.63. The first-order chi connectivity index (χ1) is 6.36. The Labute approximate surface area is 90.7 Å². The number of aromatic nitrogens is 2. The van der Waals surface area contributed by atoms with Crippen LogP contribution in [0.2, 0.25) is 0 Å². The largest absolute Gasteiger partial charge is 0.268 e.